The number of nitrogens with zero attached hydrogens (tertiary/aromatic N) is 2. The van der Waals surface area contributed by atoms with Crippen molar-refractivity contribution in [2.75, 3.05) is 0 Å². The number of rotatable bonds is 3. The minimum Gasteiger partial charge on any atom is -0.192 e. The fourth-order valence-electron chi connectivity index (χ4n) is 1.60. The maximum absolute atomic E-state index is 9.25. The van der Waals surface area contributed by atoms with E-state index in [0.717, 1.165) is 9.75 Å². The van der Waals surface area contributed by atoms with Crippen LogP contribution in [0, 0.1) is 22.7 Å². The van der Waals surface area contributed by atoms with Gasteiger partial charge < -0.3 is 0 Å². The molecule has 0 fully saturated rings. The minimum atomic E-state index is 0.504. The highest BCUT2D eigenvalue weighted by Gasteiger charge is 2.07. The Kier molecular flexibility index (Phi) is 4.16. The molecular formula is C15H12N2S2. The molecule has 0 aliphatic heterocycles. The molecule has 4 heteroatoms. The Labute approximate surface area is 120 Å². The lowest BCUT2D eigenvalue weighted by Crippen LogP contribution is -1.77. The summed E-state index contributed by atoms with van der Waals surface area (Å²) in [5.74, 6) is 0.504. The van der Waals surface area contributed by atoms with E-state index in [2.05, 4.69) is 32.1 Å². The molecule has 0 aliphatic rings. The standard InChI is InChI=1S/C15H12N2S2/c1-10(2)14-5-3-12(18-14)7-11(8-16)15-6-4-13(9-17)19-15/h3-7,10H,1-2H3. The first kappa shape index (κ1) is 13.5. The minimum absolute atomic E-state index is 0.504. The van der Waals surface area contributed by atoms with Gasteiger partial charge in [-0.25, -0.2) is 0 Å². The van der Waals surface area contributed by atoms with E-state index in [0.29, 0.717) is 16.4 Å². The third-order valence-corrected chi connectivity index (χ3v) is 4.96. The van der Waals surface area contributed by atoms with Crippen LogP contribution in [0.2, 0.25) is 0 Å². The van der Waals surface area contributed by atoms with Gasteiger partial charge in [0.05, 0.1) is 5.57 Å². The summed E-state index contributed by atoms with van der Waals surface area (Å²) in [5, 5.41) is 18.1. The molecule has 2 nitrogen and oxygen atoms in total. The van der Waals surface area contributed by atoms with Crippen LogP contribution in [-0.2, 0) is 0 Å². The number of allylic oxidation sites excluding steroid dienone is 1. The molecule has 0 amide bonds. The van der Waals surface area contributed by atoms with Gasteiger partial charge in [-0.05, 0) is 36.3 Å². The van der Waals surface area contributed by atoms with Crippen molar-refractivity contribution in [1.29, 1.82) is 10.5 Å². The Morgan fingerprint density at radius 1 is 1.16 bits per heavy atom. The van der Waals surface area contributed by atoms with Crippen molar-refractivity contribution in [1.82, 2.24) is 0 Å². The van der Waals surface area contributed by atoms with E-state index in [4.69, 9.17) is 5.26 Å². The van der Waals surface area contributed by atoms with Crippen LogP contribution in [0.25, 0.3) is 11.6 Å². The third kappa shape index (κ3) is 3.12. The van der Waals surface area contributed by atoms with Gasteiger partial charge in [0.2, 0.25) is 0 Å². The lowest BCUT2D eigenvalue weighted by Gasteiger charge is -1.97. The summed E-state index contributed by atoms with van der Waals surface area (Å²) in [5.41, 5.74) is 0.614. The molecule has 2 rings (SSSR count). The average Bonchev–Trinajstić information content (AvgIpc) is 3.04. The zero-order valence-electron chi connectivity index (χ0n) is 10.7. The van der Waals surface area contributed by atoms with Crippen LogP contribution in [0.3, 0.4) is 0 Å². The van der Waals surface area contributed by atoms with Crippen LogP contribution in [0.15, 0.2) is 24.3 Å². The van der Waals surface area contributed by atoms with Gasteiger partial charge in [0.15, 0.2) is 0 Å². The van der Waals surface area contributed by atoms with Crippen LogP contribution in [0.4, 0.5) is 0 Å². The van der Waals surface area contributed by atoms with Crippen molar-refractivity contribution in [3.8, 4) is 12.1 Å². The van der Waals surface area contributed by atoms with E-state index in [1.54, 1.807) is 17.4 Å². The zero-order valence-corrected chi connectivity index (χ0v) is 12.3. The lowest BCUT2D eigenvalue weighted by molar-refractivity contribution is 0.890. The molecular weight excluding hydrogens is 272 g/mol. The van der Waals surface area contributed by atoms with E-state index in [-0.39, 0.29) is 0 Å². The maximum atomic E-state index is 9.25. The van der Waals surface area contributed by atoms with Crippen molar-refractivity contribution >= 4 is 34.3 Å². The molecule has 2 aromatic heterocycles. The lowest BCUT2D eigenvalue weighted by atomic mass is 10.2. The van der Waals surface area contributed by atoms with Gasteiger partial charge in [-0.2, -0.15) is 10.5 Å². The summed E-state index contributed by atoms with van der Waals surface area (Å²) >= 11 is 3.05. The molecule has 0 spiro atoms. The SMILES string of the molecule is CC(C)c1ccc(C=C(C#N)c2ccc(C#N)s2)s1. The first-order valence-electron chi connectivity index (χ1n) is 5.86. The van der Waals surface area contributed by atoms with E-state index in [9.17, 15) is 5.26 Å². The van der Waals surface area contributed by atoms with Gasteiger partial charge in [0, 0.05) is 14.6 Å². The second kappa shape index (κ2) is 5.84. The van der Waals surface area contributed by atoms with E-state index in [1.807, 2.05) is 18.2 Å². The van der Waals surface area contributed by atoms with Crippen LogP contribution in [0.5, 0.6) is 0 Å². The second-order valence-electron chi connectivity index (χ2n) is 4.34. The summed E-state index contributed by atoms with van der Waals surface area (Å²) in [6.07, 6.45) is 1.89. The predicted octanol–water partition coefficient (Wildman–Crippen LogP) is 4.87. The Morgan fingerprint density at radius 3 is 2.47 bits per heavy atom. The largest absolute Gasteiger partial charge is 0.192 e. The van der Waals surface area contributed by atoms with Crippen molar-refractivity contribution in [3.05, 3.63) is 43.8 Å². The molecule has 0 N–H and O–H groups in total. The number of hydrogen-bond donors (Lipinski definition) is 0. The smallest absolute Gasteiger partial charge is 0.110 e. The molecule has 0 bridgehead atoms. The van der Waals surface area contributed by atoms with Gasteiger partial charge in [0.1, 0.15) is 17.0 Å². The quantitative estimate of drug-likeness (QED) is 0.755. The van der Waals surface area contributed by atoms with Crippen LogP contribution in [-0.4, -0.2) is 0 Å². The fourth-order valence-corrected chi connectivity index (χ4v) is 3.33. The molecule has 2 heterocycles. The summed E-state index contributed by atoms with van der Waals surface area (Å²) in [6, 6.07) is 12.0. The van der Waals surface area contributed by atoms with Crippen LogP contribution in [0.1, 0.15) is 39.3 Å². The van der Waals surface area contributed by atoms with Crippen LogP contribution >= 0.6 is 22.7 Å². The third-order valence-electron chi connectivity index (χ3n) is 2.61. The average molecular weight is 284 g/mol. The van der Waals surface area contributed by atoms with Gasteiger partial charge in [-0.15, -0.1) is 22.7 Å². The zero-order chi connectivity index (χ0) is 13.8. The molecule has 2 aromatic rings. The van der Waals surface area contributed by atoms with Gasteiger partial charge in [-0.3, -0.25) is 0 Å². The predicted molar refractivity (Wildman–Crippen MR) is 80.9 cm³/mol. The molecule has 0 saturated heterocycles. The molecule has 0 atom stereocenters. The molecule has 0 aliphatic carbocycles. The molecule has 0 unspecified atom stereocenters. The highest BCUT2D eigenvalue weighted by Crippen LogP contribution is 2.29. The summed E-state index contributed by atoms with van der Waals surface area (Å²) in [7, 11) is 0. The van der Waals surface area contributed by atoms with Crippen molar-refractivity contribution in [2.45, 2.75) is 19.8 Å². The number of thiophene rings is 2. The van der Waals surface area contributed by atoms with Crippen LogP contribution < -0.4 is 0 Å². The molecule has 0 radical (unpaired) electrons. The Bertz CT molecular complexity index is 690. The molecule has 0 saturated carbocycles. The Morgan fingerprint density at radius 2 is 1.95 bits per heavy atom. The highest BCUT2D eigenvalue weighted by molar-refractivity contribution is 7.14. The molecule has 94 valence electrons. The van der Waals surface area contributed by atoms with E-state index >= 15 is 0 Å². The van der Waals surface area contributed by atoms with E-state index < -0.39 is 0 Å². The normalized spacial score (nSPS) is 11.3. The van der Waals surface area contributed by atoms with Crippen molar-refractivity contribution < 1.29 is 0 Å². The highest BCUT2D eigenvalue weighted by atomic mass is 32.1. The van der Waals surface area contributed by atoms with E-state index in [1.165, 1.54) is 16.2 Å². The van der Waals surface area contributed by atoms with Gasteiger partial charge in [-0.1, -0.05) is 13.8 Å². The summed E-state index contributed by atoms with van der Waals surface area (Å²) in [6.45, 7) is 4.31. The van der Waals surface area contributed by atoms with Gasteiger partial charge in [0.25, 0.3) is 0 Å². The van der Waals surface area contributed by atoms with Crippen molar-refractivity contribution in [2.24, 2.45) is 0 Å². The topological polar surface area (TPSA) is 47.6 Å². The maximum Gasteiger partial charge on any atom is 0.110 e. The first-order valence-corrected chi connectivity index (χ1v) is 7.49. The number of hydrogen-bond acceptors (Lipinski definition) is 4. The summed E-state index contributed by atoms with van der Waals surface area (Å²) in [4.78, 5) is 3.86. The Hall–Kier alpha value is -1.88. The van der Waals surface area contributed by atoms with Crippen molar-refractivity contribution in [3.63, 3.8) is 0 Å². The monoisotopic (exact) mass is 284 g/mol. The Balaban J connectivity index is 2.33. The molecule has 0 aromatic carbocycles. The fraction of sp³-hybridized carbons (Fsp3) is 0.200. The van der Waals surface area contributed by atoms with Gasteiger partial charge >= 0.3 is 0 Å². The number of nitriles is 2. The second-order valence-corrected chi connectivity index (χ2v) is 6.57. The summed E-state index contributed by atoms with van der Waals surface area (Å²) < 4.78 is 0. The molecule has 19 heavy (non-hydrogen) atoms. The first-order chi connectivity index (χ1) is 9.13.